The van der Waals surface area contributed by atoms with E-state index >= 15 is 0 Å². The van der Waals surface area contributed by atoms with Crippen LogP contribution in [-0.2, 0) is 20.7 Å². The van der Waals surface area contributed by atoms with Gasteiger partial charge in [0.2, 0.25) is 0 Å². The minimum Gasteiger partial charge on any atom is -0.507 e. The third-order valence-corrected chi connectivity index (χ3v) is 7.09. The molecular formula is C27H29ClN2O5. The molecule has 0 aliphatic carbocycles. The summed E-state index contributed by atoms with van der Waals surface area (Å²) >= 11 is 6.27. The van der Waals surface area contributed by atoms with E-state index in [1.807, 2.05) is 19.1 Å². The number of hydrogen-bond donors (Lipinski definition) is 1. The van der Waals surface area contributed by atoms with E-state index in [-0.39, 0.29) is 17.4 Å². The lowest BCUT2D eigenvalue weighted by Gasteiger charge is -2.29. The van der Waals surface area contributed by atoms with Crippen LogP contribution in [-0.4, -0.2) is 72.1 Å². The number of amides is 1. The molecule has 2 atom stereocenters. The predicted molar refractivity (Wildman–Crippen MR) is 133 cm³/mol. The van der Waals surface area contributed by atoms with Crippen LogP contribution in [0.25, 0.3) is 5.76 Å². The van der Waals surface area contributed by atoms with Gasteiger partial charge in [0.1, 0.15) is 17.6 Å². The zero-order chi connectivity index (χ0) is 24.5. The molecule has 2 fully saturated rings. The van der Waals surface area contributed by atoms with Crippen molar-refractivity contribution in [3.8, 4) is 5.75 Å². The number of ketones is 1. The number of likely N-dealkylation sites (tertiary alicyclic amines) is 1. The second-order valence-corrected chi connectivity index (χ2v) is 9.75. The first-order valence-corrected chi connectivity index (χ1v) is 12.4. The topological polar surface area (TPSA) is 79.3 Å². The molecule has 0 spiro atoms. The lowest BCUT2D eigenvalue weighted by molar-refractivity contribution is -0.140. The van der Waals surface area contributed by atoms with Gasteiger partial charge in [0.15, 0.2) is 0 Å². The summed E-state index contributed by atoms with van der Waals surface area (Å²) in [7, 11) is 0. The summed E-state index contributed by atoms with van der Waals surface area (Å²) in [5.41, 5.74) is 2.26. The largest absolute Gasteiger partial charge is 0.507 e. The summed E-state index contributed by atoms with van der Waals surface area (Å²) in [6.07, 6.45) is 1.49. The third kappa shape index (κ3) is 4.81. The number of rotatable bonds is 6. The maximum atomic E-state index is 13.3. The maximum absolute atomic E-state index is 13.3. The number of halogens is 1. The third-order valence-electron chi connectivity index (χ3n) is 6.85. The van der Waals surface area contributed by atoms with Gasteiger partial charge in [-0.05, 0) is 54.8 Å². The van der Waals surface area contributed by atoms with Crippen LogP contribution in [0, 0.1) is 0 Å². The minimum absolute atomic E-state index is 0.0610. The van der Waals surface area contributed by atoms with Gasteiger partial charge in [-0.15, -0.1) is 0 Å². The number of Topliss-reactive ketones (excluding diaryl/α,β-unsaturated/α-hetero) is 1. The Kier molecular flexibility index (Phi) is 6.82. The molecule has 7 nitrogen and oxygen atoms in total. The minimum atomic E-state index is -0.707. The van der Waals surface area contributed by atoms with E-state index in [2.05, 4.69) is 4.90 Å². The number of aliphatic hydroxyl groups excluding tert-OH is 1. The molecule has 1 amide bonds. The van der Waals surface area contributed by atoms with Crippen LogP contribution in [0.3, 0.4) is 0 Å². The molecule has 1 N–H and O–H groups in total. The monoisotopic (exact) mass is 496 g/mol. The van der Waals surface area contributed by atoms with E-state index in [1.165, 1.54) is 0 Å². The summed E-state index contributed by atoms with van der Waals surface area (Å²) in [6, 6.07) is 11.8. The number of ether oxygens (including phenoxy) is 2. The van der Waals surface area contributed by atoms with Crippen molar-refractivity contribution in [3.05, 3.63) is 69.8 Å². The Morgan fingerprint density at radius 1 is 1.11 bits per heavy atom. The number of benzene rings is 2. The van der Waals surface area contributed by atoms with Gasteiger partial charge in [0.05, 0.1) is 24.8 Å². The van der Waals surface area contributed by atoms with E-state index in [0.29, 0.717) is 42.3 Å². The van der Waals surface area contributed by atoms with Gasteiger partial charge < -0.3 is 19.5 Å². The molecule has 5 rings (SSSR count). The molecule has 0 bridgehead atoms. The van der Waals surface area contributed by atoms with Crippen LogP contribution in [0.15, 0.2) is 48.0 Å². The molecule has 3 aliphatic rings. The maximum Gasteiger partial charge on any atom is 0.295 e. The second kappa shape index (κ2) is 10.0. The smallest absolute Gasteiger partial charge is 0.295 e. The Bertz CT molecular complexity index is 1170. The van der Waals surface area contributed by atoms with Crippen molar-refractivity contribution < 1.29 is 24.2 Å². The molecule has 2 unspecified atom stereocenters. The van der Waals surface area contributed by atoms with Gasteiger partial charge >= 0.3 is 0 Å². The van der Waals surface area contributed by atoms with E-state index < -0.39 is 17.7 Å². The zero-order valence-electron chi connectivity index (χ0n) is 19.7. The fourth-order valence-electron chi connectivity index (χ4n) is 5.15. The van der Waals surface area contributed by atoms with Gasteiger partial charge in [-0.25, -0.2) is 0 Å². The van der Waals surface area contributed by atoms with Gasteiger partial charge in [-0.2, -0.15) is 0 Å². The normalized spacial score (nSPS) is 24.0. The zero-order valence-corrected chi connectivity index (χ0v) is 20.5. The molecule has 0 radical (unpaired) electrons. The average molecular weight is 497 g/mol. The van der Waals surface area contributed by atoms with E-state index in [4.69, 9.17) is 21.1 Å². The number of aliphatic hydroxyl groups is 1. The summed E-state index contributed by atoms with van der Waals surface area (Å²) in [5, 5.41) is 11.8. The van der Waals surface area contributed by atoms with Crippen molar-refractivity contribution in [2.45, 2.75) is 31.9 Å². The van der Waals surface area contributed by atoms with E-state index in [0.717, 1.165) is 37.4 Å². The molecule has 2 aromatic carbocycles. The van der Waals surface area contributed by atoms with Crippen LogP contribution in [0.1, 0.15) is 36.1 Å². The lowest BCUT2D eigenvalue weighted by Crippen LogP contribution is -2.38. The highest BCUT2D eigenvalue weighted by atomic mass is 35.5. The van der Waals surface area contributed by atoms with Gasteiger partial charge in [0.25, 0.3) is 11.7 Å². The number of carbonyl (C=O) groups excluding carboxylic acids is 2. The Morgan fingerprint density at radius 3 is 2.69 bits per heavy atom. The molecule has 2 aromatic rings. The molecule has 2 saturated heterocycles. The Balaban J connectivity index is 1.48. The van der Waals surface area contributed by atoms with Gasteiger partial charge in [-0.3, -0.25) is 14.5 Å². The summed E-state index contributed by atoms with van der Waals surface area (Å²) in [6.45, 7) is 6.31. The fourth-order valence-corrected chi connectivity index (χ4v) is 5.35. The number of fused-ring (bicyclic) bond motifs is 1. The highest BCUT2D eigenvalue weighted by Crippen LogP contribution is 2.41. The molecule has 184 valence electrons. The standard InChI is InChI=1S/C27H29ClN2O5/c1-17-14-20-15-19(6-7-22(20)35-17)25(31)23-24(18-4-2-5-21(28)16-18)30(27(33)26(23)32)9-3-8-29-10-12-34-13-11-29/h2,4-7,15-17,24,31H,3,8-14H2,1H3/b25-23+. The van der Waals surface area contributed by atoms with E-state index in [9.17, 15) is 14.7 Å². The summed E-state index contributed by atoms with van der Waals surface area (Å²) < 4.78 is 11.2. The molecule has 3 heterocycles. The highest BCUT2D eigenvalue weighted by molar-refractivity contribution is 6.46. The first-order valence-electron chi connectivity index (χ1n) is 12.1. The van der Waals surface area contributed by atoms with Crippen molar-refractivity contribution in [3.63, 3.8) is 0 Å². The first-order chi connectivity index (χ1) is 16.9. The first kappa shape index (κ1) is 23.9. The lowest BCUT2D eigenvalue weighted by atomic mass is 9.94. The Hall–Kier alpha value is -2.87. The summed E-state index contributed by atoms with van der Waals surface area (Å²) in [4.78, 5) is 30.3. The molecule has 35 heavy (non-hydrogen) atoms. The van der Waals surface area contributed by atoms with E-state index in [1.54, 1.807) is 35.2 Å². The van der Waals surface area contributed by atoms with Crippen molar-refractivity contribution in [2.24, 2.45) is 0 Å². The summed E-state index contributed by atoms with van der Waals surface area (Å²) in [5.74, 6) is -0.670. The van der Waals surface area contributed by atoms with Gasteiger partial charge in [-0.1, -0.05) is 23.7 Å². The fraction of sp³-hybridized carbons (Fsp3) is 0.407. The molecule has 0 saturated carbocycles. The van der Waals surface area contributed by atoms with Crippen LogP contribution in [0.2, 0.25) is 5.02 Å². The Labute approximate surface area is 209 Å². The quantitative estimate of drug-likeness (QED) is 0.372. The van der Waals surface area contributed by atoms with Crippen LogP contribution < -0.4 is 4.74 Å². The average Bonchev–Trinajstić information content (AvgIpc) is 3.35. The van der Waals surface area contributed by atoms with Crippen LogP contribution in [0.5, 0.6) is 5.75 Å². The number of nitrogens with zero attached hydrogens (tertiary/aromatic N) is 2. The predicted octanol–water partition coefficient (Wildman–Crippen LogP) is 3.81. The SMILES string of the molecule is CC1Cc2cc(/C(O)=C3\C(=O)C(=O)N(CCCN4CCOCC4)C3c3cccc(Cl)c3)ccc2O1. The van der Waals surface area contributed by atoms with Crippen molar-refractivity contribution >= 4 is 29.1 Å². The van der Waals surface area contributed by atoms with Crippen LogP contribution in [0.4, 0.5) is 0 Å². The van der Waals surface area contributed by atoms with Gasteiger partial charge in [0, 0.05) is 43.2 Å². The van der Waals surface area contributed by atoms with Crippen molar-refractivity contribution in [1.29, 1.82) is 0 Å². The number of carbonyl (C=O) groups is 2. The van der Waals surface area contributed by atoms with Crippen LogP contribution >= 0.6 is 11.6 Å². The molecule has 0 aromatic heterocycles. The van der Waals surface area contributed by atoms with Crippen molar-refractivity contribution in [2.75, 3.05) is 39.4 Å². The van der Waals surface area contributed by atoms with Crippen molar-refractivity contribution in [1.82, 2.24) is 9.80 Å². The number of hydrogen-bond acceptors (Lipinski definition) is 6. The molecular weight excluding hydrogens is 468 g/mol. The number of morpholine rings is 1. The highest BCUT2D eigenvalue weighted by Gasteiger charge is 2.46. The molecule has 3 aliphatic heterocycles. The Morgan fingerprint density at radius 2 is 1.91 bits per heavy atom. The molecule has 8 heteroatoms. The second-order valence-electron chi connectivity index (χ2n) is 9.31.